The number of benzene rings is 1. The smallest absolute Gasteiger partial charge is 0.255 e. The van der Waals surface area contributed by atoms with E-state index in [9.17, 15) is 9.90 Å². The van der Waals surface area contributed by atoms with Crippen molar-refractivity contribution in [2.75, 3.05) is 5.88 Å². The van der Waals surface area contributed by atoms with Crippen LogP contribution in [0.4, 0.5) is 0 Å². The van der Waals surface area contributed by atoms with Crippen molar-refractivity contribution < 1.29 is 9.90 Å². The molecule has 0 radical (unpaired) electrons. The molecule has 0 saturated heterocycles. The molecule has 0 aliphatic heterocycles. The zero-order valence-electron chi connectivity index (χ0n) is 10.3. The molecule has 1 aliphatic rings. The van der Waals surface area contributed by atoms with Crippen LogP contribution in [0.2, 0.25) is 0 Å². The molecule has 0 aromatic heterocycles. The van der Waals surface area contributed by atoms with Crippen LogP contribution in [0.25, 0.3) is 0 Å². The Labute approximate surface area is 112 Å². The first-order chi connectivity index (χ1) is 8.67. The summed E-state index contributed by atoms with van der Waals surface area (Å²) in [4.78, 5) is 12.2. The van der Waals surface area contributed by atoms with Gasteiger partial charge < -0.3 is 10.4 Å². The molecule has 1 amide bonds. The predicted octanol–water partition coefficient (Wildman–Crippen LogP) is 3.06. The Balaban J connectivity index is 2.13. The molecule has 3 nitrogen and oxygen atoms in total. The van der Waals surface area contributed by atoms with Crippen LogP contribution in [0.3, 0.4) is 0 Å². The Hall–Kier alpha value is -1.22. The van der Waals surface area contributed by atoms with Crippen molar-refractivity contribution in [2.45, 2.75) is 37.6 Å². The minimum atomic E-state index is -0.306. The van der Waals surface area contributed by atoms with Crippen LogP contribution < -0.4 is 5.32 Å². The van der Waals surface area contributed by atoms with Crippen LogP contribution in [-0.2, 0) is 0 Å². The van der Waals surface area contributed by atoms with E-state index < -0.39 is 0 Å². The number of rotatable bonds is 3. The second kappa shape index (κ2) is 5.61. The molecular formula is C14H18ClNO2. The van der Waals surface area contributed by atoms with Crippen molar-refractivity contribution in [1.29, 1.82) is 0 Å². The summed E-state index contributed by atoms with van der Waals surface area (Å²) in [7, 11) is 0. The van der Waals surface area contributed by atoms with E-state index >= 15 is 0 Å². The molecule has 4 heteroatoms. The quantitative estimate of drug-likeness (QED) is 0.827. The summed E-state index contributed by atoms with van der Waals surface area (Å²) < 4.78 is 0. The molecule has 0 spiro atoms. The fourth-order valence-electron chi connectivity index (χ4n) is 2.49. The molecule has 0 heterocycles. The maximum atomic E-state index is 12.2. The van der Waals surface area contributed by atoms with Gasteiger partial charge in [0, 0.05) is 5.88 Å². The molecule has 1 aromatic carbocycles. The van der Waals surface area contributed by atoms with Gasteiger partial charge in [-0.1, -0.05) is 31.4 Å². The van der Waals surface area contributed by atoms with Gasteiger partial charge in [-0.3, -0.25) is 4.79 Å². The zero-order valence-corrected chi connectivity index (χ0v) is 11.0. The van der Waals surface area contributed by atoms with Gasteiger partial charge in [0.05, 0.1) is 11.1 Å². The van der Waals surface area contributed by atoms with Crippen molar-refractivity contribution in [3.63, 3.8) is 0 Å². The fraction of sp³-hybridized carbons (Fsp3) is 0.500. The molecule has 0 atom stereocenters. The summed E-state index contributed by atoms with van der Waals surface area (Å²) in [5.41, 5.74) is 0.00618. The third kappa shape index (κ3) is 2.78. The lowest BCUT2D eigenvalue weighted by Crippen LogP contribution is -2.51. The number of phenols is 1. The Kier molecular flexibility index (Phi) is 4.12. The predicted molar refractivity (Wildman–Crippen MR) is 72.1 cm³/mol. The maximum absolute atomic E-state index is 12.2. The fourth-order valence-corrected chi connectivity index (χ4v) is 2.83. The lowest BCUT2D eigenvalue weighted by Gasteiger charge is -2.36. The highest BCUT2D eigenvalue weighted by atomic mass is 35.5. The molecule has 0 unspecified atom stereocenters. The van der Waals surface area contributed by atoms with Gasteiger partial charge in [-0.05, 0) is 25.0 Å². The number of amides is 1. The number of carbonyl (C=O) groups is 1. The summed E-state index contributed by atoms with van der Waals surface area (Å²) in [5, 5.41) is 12.7. The third-order valence-corrected chi connectivity index (χ3v) is 4.11. The van der Waals surface area contributed by atoms with Gasteiger partial charge in [0.25, 0.3) is 5.91 Å². The number of nitrogens with one attached hydrogen (secondary N) is 1. The first-order valence-electron chi connectivity index (χ1n) is 6.33. The number of carbonyl (C=O) groups excluding carboxylic acids is 1. The van der Waals surface area contributed by atoms with Crippen LogP contribution in [0, 0.1) is 0 Å². The Morgan fingerprint density at radius 3 is 2.56 bits per heavy atom. The van der Waals surface area contributed by atoms with E-state index in [1.165, 1.54) is 12.5 Å². The zero-order chi connectivity index (χ0) is 13.0. The van der Waals surface area contributed by atoms with Crippen molar-refractivity contribution in [3.05, 3.63) is 29.8 Å². The summed E-state index contributed by atoms with van der Waals surface area (Å²) in [6.07, 6.45) is 5.21. The van der Waals surface area contributed by atoms with Crippen LogP contribution in [0.5, 0.6) is 5.75 Å². The topological polar surface area (TPSA) is 49.3 Å². The summed E-state index contributed by atoms with van der Waals surface area (Å²) >= 11 is 6.03. The molecular weight excluding hydrogens is 250 g/mol. The van der Waals surface area contributed by atoms with E-state index in [2.05, 4.69) is 5.32 Å². The molecule has 0 bridgehead atoms. The van der Waals surface area contributed by atoms with Gasteiger partial charge in [0.2, 0.25) is 0 Å². The van der Waals surface area contributed by atoms with E-state index in [0.717, 1.165) is 25.7 Å². The second-order valence-electron chi connectivity index (χ2n) is 4.95. The van der Waals surface area contributed by atoms with E-state index in [1.807, 2.05) is 0 Å². The molecule has 18 heavy (non-hydrogen) atoms. The molecule has 2 rings (SSSR count). The van der Waals surface area contributed by atoms with Gasteiger partial charge in [-0.2, -0.15) is 0 Å². The first kappa shape index (κ1) is 13.2. The Morgan fingerprint density at radius 2 is 1.94 bits per heavy atom. The highest BCUT2D eigenvalue weighted by Gasteiger charge is 2.33. The van der Waals surface area contributed by atoms with Crippen molar-refractivity contribution >= 4 is 17.5 Å². The first-order valence-corrected chi connectivity index (χ1v) is 6.87. The van der Waals surface area contributed by atoms with Crippen molar-refractivity contribution in [3.8, 4) is 5.75 Å². The van der Waals surface area contributed by atoms with E-state index in [0.29, 0.717) is 11.4 Å². The molecule has 1 saturated carbocycles. The number of phenolic OH excluding ortho intramolecular Hbond substituents is 1. The van der Waals surface area contributed by atoms with Crippen LogP contribution in [0.15, 0.2) is 24.3 Å². The second-order valence-corrected chi connectivity index (χ2v) is 5.21. The Morgan fingerprint density at radius 1 is 1.28 bits per heavy atom. The monoisotopic (exact) mass is 267 g/mol. The van der Waals surface area contributed by atoms with E-state index in [-0.39, 0.29) is 17.2 Å². The summed E-state index contributed by atoms with van der Waals surface area (Å²) in [6, 6.07) is 6.57. The van der Waals surface area contributed by atoms with Gasteiger partial charge in [0.1, 0.15) is 5.75 Å². The van der Waals surface area contributed by atoms with Crippen molar-refractivity contribution in [1.82, 2.24) is 5.32 Å². The van der Waals surface area contributed by atoms with E-state index in [4.69, 9.17) is 11.6 Å². The molecule has 1 fully saturated rings. The van der Waals surface area contributed by atoms with Gasteiger partial charge in [-0.25, -0.2) is 0 Å². The molecule has 1 aliphatic carbocycles. The standard InChI is InChI=1S/C14H18ClNO2/c15-10-14(8-4-1-5-9-14)16-13(18)11-6-2-3-7-12(11)17/h2-3,6-7,17H,1,4-5,8-10H2,(H,16,18). The summed E-state index contributed by atoms with van der Waals surface area (Å²) in [6.45, 7) is 0. The molecule has 98 valence electrons. The van der Waals surface area contributed by atoms with Gasteiger partial charge >= 0.3 is 0 Å². The lowest BCUT2D eigenvalue weighted by molar-refractivity contribution is 0.0882. The number of hydrogen-bond donors (Lipinski definition) is 2. The average Bonchev–Trinajstić information content (AvgIpc) is 2.40. The number of para-hydroxylation sites is 1. The minimum absolute atomic E-state index is 0.00975. The van der Waals surface area contributed by atoms with Crippen LogP contribution >= 0.6 is 11.6 Å². The van der Waals surface area contributed by atoms with Crippen molar-refractivity contribution in [2.24, 2.45) is 0 Å². The van der Waals surface area contributed by atoms with E-state index in [1.54, 1.807) is 18.2 Å². The normalized spacial score (nSPS) is 18.3. The minimum Gasteiger partial charge on any atom is -0.507 e. The molecule has 2 N–H and O–H groups in total. The highest BCUT2D eigenvalue weighted by Crippen LogP contribution is 2.30. The van der Waals surface area contributed by atoms with Gasteiger partial charge in [0.15, 0.2) is 0 Å². The van der Waals surface area contributed by atoms with Gasteiger partial charge in [-0.15, -0.1) is 11.6 Å². The largest absolute Gasteiger partial charge is 0.507 e. The maximum Gasteiger partial charge on any atom is 0.255 e. The number of halogens is 1. The average molecular weight is 268 g/mol. The number of aromatic hydroxyl groups is 1. The Bertz CT molecular complexity index is 428. The SMILES string of the molecule is O=C(NC1(CCl)CCCCC1)c1ccccc1O. The van der Waals surface area contributed by atoms with Crippen LogP contribution in [0.1, 0.15) is 42.5 Å². The third-order valence-electron chi connectivity index (χ3n) is 3.59. The number of hydrogen-bond acceptors (Lipinski definition) is 2. The highest BCUT2D eigenvalue weighted by molar-refractivity contribution is 6.19. The lowest BCUT2D eigenvalue weighted by atomic mass is 9.83. The summed E-state index contributed by atoms with van der Waals surface area (Å²) in [5.74, 6) is 0.193. The molecule has 1 aromatic rings. The van der Waals surface area contributed by atoms with Crippen LogP contribution in [-0.4, -0.2) is 22.4 Å². The number of alkyl halides is 1.